The summed E-state index contributed by atoms with van der Waals surface area (Å²) in [5.74, 6) is -0.272. The number of benzene rings is 1. The topological polar surface area (TPSA) is 66.6 Å². The van der Waals surface area contributed by atoms with Gasteiger partial charge in [-0.3, -0.25) is 9.69 Å². The Kier molecular flexibility index (Phi) is 5.95. The fraction of sp³-hybridized carbons (Fsp3) is 0.462. The van der Waals surface area contributed by atoms with Gasteiger partial charge in [0.05, 0.1) is 11.6 Å². The van der Waals surface area contributed by atoms with Crippen LogP contribution in [0, 0.1) is 0 Å². The van der Waals surface area contributed by atoms with Gasteiger partial charge in [-0.15, -0.1) is 0 Å². The molecule has 0 aliphatic heterocycles. The molecule has 0 aliphatic rings. The standard InChI is InChI=1S/C13H19ClN2O2/c1-2-3-6-16(9-13(15)18)8-10-4-5-12(17)11(14)7-10/h4-5,7,17H,2-3,6,8-9H2,1H3,(H2,15,18). The number of primary amides is 1. The van der Waals surface area contributed by atoms with E-state index >= 15 is 0 Å². The van der Waals surface area contributed by atoms with Gasteiger partial charge in [-0.2, -0.15) is 0 Å². The predicted octanol–water partition coefficient (Wildman–Crippen LogP) is 2.13. The lowest BCUT2D eigenvalue weighted by Crippen LogP contribution is -2.34. The fourth-order valence-electron chi connectivity index (χ4n) is 1.72. The Morgan fingerprint density at radius 1 is 1.50 bits per heavy atom. The van der Waals surface area contributed by atoms with E-state index in [4.69, 9.17) is 17.3 Å². The average molecular weight is 271 g/mol. The Balaban J connectivity index is 2.68. The highest BCUT2D eigenvalue weighted by Crippen LogP contribution is 2.24. The van der Waals surface area contributed by atoms with Crippen LogP contribution in [-0.4, -0.2) is 29.0 Å². The first-order chi connectivity index (χ1) is 8.52. The van der Waals surface area contributed by atoms with Gasteiger partial charge >= 0.3 is 0 Å². The second-order valence-electron chi connectivity index (χ2n) is 4.32. The van der Waals surface area contributed by atoms with Crippen molar-refractivity contribution in [3.8, 4) is 5.75 Å². The highest BCUT2D eigenvalue weighted by Gasteiger charge is 2.09. The zero-order valence-corrected chi connectivity index (χ0v) is 11.3. The van der Waals surface area contributed by atoms with Crippen LogP contribution in [0.5, 0.6) is 5.75 Å². The van der Waals surface area contributed by atoms with Crippen molar-refractivity contribution in [2.24, 2.45) is 5.73 Å². The van der Waals surface area contributed by atoms with Crippen LogP contribution < -0.4 is 5.73 Å². The molecule has 1 aromatic rings. The molecule has 0 bridgehead atoms. The zero-order chi connectivity index (χ0) is 13.5. The zero-order valence-electron chi connectivity index (χ0n) is 10.5. The molecule has 1 amide bonds. The quantitative estimate of drug-likeness (QED) is 0.798. The predicted molar refractivity (Wildman–Crippen MR) is 72.5 cm³/mol. The molecule has 0 heterocycles. The summed E-state index contributed by atoms with van der Waals surface area (Å²) >= 11 is 5.85. The maximum Gasteiger partial charge on any atom is 0.231 e. The van der Waals surface area contributed by atoms with Crippen molar-refractivity contribution in [2.75, 3.05) is 13.1 Å². The summed E-state index contributed by atoms with van der Waals surface area (Å²) in [5, 5.41) is 9.67. The van der Waals surface area contributed by atoms with Gasteiger partial charge in [0, 0.05) is 6.54 Å². The minimum Gasteiger partial charge on any atom is -0.506 e. The molecule has 1 aromatic carbocycles. The van der Waals surface area contributed by atoms with E-state index in [1.165, 1.54) is 0 Å². The fourth-order valence-corrected chi connectivity index (χ4v) is 1.93. The van der Waals surface area contributed by atoms with Gasteiger partial charge in [-0.1, -0.05) is 31.0 Å². The number of phenols is 1. The van der Waals surface area contributed by atoms with Crippen molar-refractivity contribution in [2.45, 2.75) is 26.3 Å². The summed E-state index contributed by atoms with van der Waals surface area (Å²) in [5.41, 5.74) is 6.18. The third-order valence-corrected chi connectivity index (χ3v) is 2.93. The first-order valence-corrected chi connectivity index (χ1v) is 6.38. The number of rotatable bonds is 7. The van der Waals surface area contributed by atoms with Crippen molar-refractivity contribution >= 4 is 17.5 Å². The van der Waals surface area contributed by atoms with Crippen molar-refractivity contribution < 1.29 is 9.90 Å². The largest absolute Gasteiger partial charge is 0.506 e. The lowest BCUT2D eigenvalue weighted by molar-refractivity contribution is -0.119. The Hall–Kier alpha value is -1.26. The van der Waals surface area contributed by atoms with Gasteiger partial charge in [-0.05, 0) is 30.7 Å². The molecular weight excluding hydrogens is 252 g/mol. The number of phenolic OH excluding ortho intramolecular Hbond substituents is 1. The van der Waals surface area contributed by atoms with Crippen LogP contribution in [0.1, 0.15) is 25.3 Å². The summed E-state index contributed by atoms with van der Waals surface area (Å²) < 4.78 is 0. The summed E-state index contributed by atoms with van der Waals surface area (Å²) in [6.45, 7) is 3.75. The number of unbranched alkanes of at least 4 members (excludes halogenated alkanes) is 1. The SMILES string of the molecule is CCCCN(CC(N)=O)Cc1ccc(O)c(Cl)c1. The molecule has 0 aromatic heterocycles. The molecule has 3 N–H and O–H groups in total. The number of amides is 1. The van der Waals surface area contributed by atoms with E-state index in [0.29, 0.717) is 11.6 Å². The molecule has 1 rings (SSSR count). The smallest absolute Gasteiger partial charge is 0.231 e. The Bertz CT molecular complexity index is 410. The third kappa shape index (κ3) is 4.94. The highest BCUT2D eigenvalue weighted by molar-refractivity contribution is 6.32. The second-order valence-corrected chi connectivity index (χ2v) is 4.72. The molecule has 4 nitrogen and oxygen atoms in total. The number of aromatic hydroxyl groups is 1. The van der Waals surface area contributed by atoms with Crippen LogP contribution in [0.2, 0.25) is 5.02 Å². The minimum atomic E-state index is -0.337. The van der Waals surface area contributed by atoms with E-state index in [1.807, 2.05) is 4.90 Å². The first kappa shape index (κ1) is 14.8. The normalized spacial score (nSPS) is 10.8. The van der Waals surface area contributed by atoms with Crippen LogP contribution in [0.15, 0.2) is 18.2 Å². The summed E-state index contributed by atoms with van der Waals surface area (Å²) in [4.78, 5) is 13.0. The number of nitrogens with two attached hydrogens (primary N) is 1. The molecule has 0 spiro atoms. The van der Waals surface area contributed by atoms with E-state index in [2.05, 4.69) is 6.92 Å². The molecule has 18 heavy (non-hydrogen) atoms. The van der Waals surface area contributed by atoms with Gasteiger partial charge in [0.2, 0.25) is 5.91 Å². The Labute approximate surface area is 112 Å². The highest BCUT2D eigenvalue weighted by atomic mass is 35.5. The first-order valence-electron chi connectivity index (χ1n) is 6.01. The van der Waals surface area contributed by atoms with Gasteiger partial charge < -0.3 is 10.8 Å². The van der Waals surface area contributed by atoms with E-state index < -0.39 is 0 Å². The number of carbonyl (C=O) groups is 1. The lowest BCUT2D eigenvalue weighted by Gasteiger charge is -2.20. The maximum atomic E-state index is 11.0. The van der Waals surface area contributed by atoms with Crippen molar-refractivity contribution in [3.05, 3.63) is 28.8 Å². The van der Waals surface area contributed by atoms with Crippen LogP contribution in [0.25, 0.3) is 0 Å². The van der Waals surface area contributed by atoms with Crippen molar-refractivity contribution in [1.82, 2.24) is 4.90 Å². The van der Waals surface area contributed by atoms with Gasteiger partial charge in [0.25, 0.3) is 0 Å². The summed E-state index contributed by atoms with van der Waals surface area (Å²) in [6, 6.07) is 5.05. The average Bonchev–Trinajstić information content (AvgIpc) is 2.30. The molecule has 0 aliphatic carbocycles. The summed E-state index contributed by atoms with van der Waals surface area (Å²) in [6.07, 6.45) is 2.07. The molecule has 0 atom stereocenters. The van der Waals surface area contributed by atoms with E-state index in [1.54, 1.807) is 18.2 Å². The minimum absolute atomic E-state index is 0.0652. The van der Waals surface area contributed by atoms with Crippen molar-refractivity contribution in [3.63, 3.8) is 0 Å². The Morgan fingerprint density at radius 3 is 2.78 bits per heavy atom. The van der Waals surface area contributed by atoms with Crippen LogP contribution in [0.3, 0.4) is 0 Å². The molecule has 0 saturated carbocycles. The van der Waals surface area contributed by atoms with E-state index in [-0.39, 0.29) is 18.2 Å². The number of hydrogen-bond donors (Lipinski definition) is 2. The number of nitrogens with zero attached hydrogens (tertiary/aromatic N) is 1. The number of halogens is 1. The maximum absolute atomic E-state index is 11.0. The second kappa shape index (κ2) is 7.24. The number of carbonyl (C=O) groups excluding carboxylic acids is 1. The monoisotopic (exact) mass is 270 g/mol. The van der Waals surface area contributed by atoms with E-state index in [0.717, 1.165) is 24.9 Å². The van der Waals surface area contributed by atoms with Crippen molar-refractivity contribution in [1.29, 1.82) is 0 Å². The molecule has 100 valence electrons. The molecule has 0 saturated heterocycles. The molecule has 5 heteroatoms. The van der Waals surface area contributed by atoms with Crippen LogP contribution >= 0.6 is 11.6 Å². The van der Waals surface area contributed by atoms with Crippen LogP contribution in [0.4, 0.5) is 0 Å². The molecule has 0 radical (unpaired) electrons. The Morgan fingerprint density at radius 2 is 2.22 bits per heavy atom. The van der Waals surface area contributed by atoms with Gasteiger partial charge in [-0.25, -0.2) is 0 Å². The third-order valence-electron chi connectivity index (χ3n) is 2.63. The summed E-state index contributed by atoms with van der Waals surface area (Å²) in [7, 11) is 0. The van der Waals surface area contributed by atoms with E-state index in [9.17, 15) is 9.90 Å². The van der Waals surface area contributed by atoms with Gasteiger partial charge in [0.15, 0.2) is 0 Å². The molecule has 0 unspecified atom stereocenters. The van der Waals surface area contributed by atoms with Gasteiger partial charge in [0.1, 0.15) is 5.75 Å². The molecular formula is C13H19ClN2O2. The number of hydrogen-bond acceptors (Lipinski definition) is 3. The van der Waals surface area contributed by atoms with Crippen LogP contribution in [-0.2, 0) is 11.3 Å². The lowest BCUT2D eigenvalue weighted by atomic mass is 10.2. The molecule has 0 fully saturated rings.